The summed E-state index contributed by atoms with van der Waals surface area (Å²) in [5.41, 5.74) is 3.10. The maximum Gasteiger partial charge on any atom is 0.302 e. The van der Waals surface area contributed by atoms with Crippen molar-refractivity contribution in [3.05, 3.63) is 0 Å². The van der Waals surface area contributed by atoms with Crippen LogP contribution in [0.1, 0.15) is 13.3 Å². The first-order valence-corrected chi connectivity index (χ1v) is 7.93. The van der Waals surface area contributed by atoms with Gasteiger partial charge in [0.1, 0.15) is 14.7 Å². The van der Waals surface area contributed by atoms with Crippen LogP contribution in [0.15, 0.2) is 0 Å². The summed E-state index contributed by atoms with van der Waals surface area (Å²) in [5, 5.41) is 8.55. The molecule has 0 aliphatic rings. The molecule has 0 heterocycles. The smallest absolute Gasteiger partial charge is 0.302 e. The molecule has 14 heavy (non-hydrogen) atoms. The van der Waals surface area contributed by atoms with Crippen LogP contribution >= 0.6 is 0 Å². The van der Waals surface area contributed by atoms with Crippen molar-refractivity contribution >= 4 is 14.0 Å². The zero-order chi connectivity index (χ0) is 11.0. The van der Waals surface area contributed by atoms with Crippen LogP contribution in [0.5, 0.6) is 0 Å². The molecule has 0 atom stereocenters. The van der Waals surface area contributed by atoms with Crippen LogP contribution in [-0.2, 0) is 9.53 Å². The highest BCUT2D eigenvalue weighted by Crippen LogP contribution is 2.10. The highest BCUT2D eigenvalue weighted by atomic mass is 28.3. The minimum atomic E-state index is -1.51. The van der Waals surface area contributed by atoms with E-state index in [-0.39, 0.29) is 12.6 Å². The second kappa shape index (κ2) is 6.63. The van der Waals surface area contributed by atoms with Crippen LogP contribution in [0.3, 0.4) is 0 Å². The van der Waals surface area contributed by atoms with E-state index in [4.69, 9.17) is 9.84 Å². The summed E-state index contributed by atoms with van der Waals surface area (Å²) in [6.45, 7) is 6.11. The van der Waals surface area contributed by atoms with Gasteiger partial charge in [-0.25, -0.2) is 0 Å². The van der Waals surface area contributed by atoms with E-state index in [1.807, 2.05) is 0 Å². The molecule has 80 valence electrons. The number of aliphatic hydroxyl groups excluding tert-OH is 1. The molecule has 0 aliphatic carbocycles. The first kappa shape index (κ1) is 13.2. The Balaban J connectivity index is 3.71. The average molecular weight is 214 g/mol. The molecule has 0 aromatic rings. The van der Waals surface area contributed by atoms with Crippen molar-refractivity contribution in [3.63, 3.8) is 0 Å². The Morgan fingerprint density at radius 2 is 2.14 bits per heavy atom. The van der Waals surface area contributed by atoms with E-state index in [1.54, 1.807) is 0 Å². The molecule has 0 radical (unpaired) electrons. The van der Waals surface area contributed by atoms with Crippen LogP contribution < -0.4 is 0 Å². The van der Waals surface area contributed by atoms with E-state index in [1.165, 1.54) is 6.92 Å². The number of hydrogen-bond donors (Lipinski definition) is 1. The standard InChI is InChI=1S/C10H18O3Si/c1-10(12)13-7-5-9-14(2,3)8-4-6-11/h11H,5-7,9H2,1-3H3. The van der Waals surface area contributed by atoms with E-state index in [9.17, 15) is 4.79 Å². The van der Waals surface area contributed by atoms with Gasteiger partial charge in [-0.3, -0.25) is 4.79 Å². The van der Waals surface area contributed by atoms with E-state index < -0.39 is 8.07 Å². The molecule has 0 bridgehead atoms. The second-order valence-corrected chi connectivity index (χ2v) is 8.31. The van der Waals surface area contributed by atoms with Gasteiger partial charge in [0, 0.05) is 6.92 Å². The molecule has 4 heteroatoms. The molecule has 0 aromatic carbocycles. The number of carbonyl (C=O) groups is 1. The lowest BCUT2D eigenvalue weighted by Crippen LogP contribution is -2.23. The zero-order valence-corrected chi connectivity index (χ0v) is 10.1. The largest absolute Gasteiger partial charge is 0.466 e. The number of aliphatic hydroxyl groups is 1. The third-order valence-corrected chi connectivity index (χ3v) is 4.21. The van der Waals surface area contributed by atoms with Crippen molar-refractivity contribution in [1.29, 1.82) is 0 Å². The van der Waals surface area contributed by atoms with Crippen LogP contribution in [0, 0.1) is 11.5 Å². The molecule has 3 nitrogen and oxygen atoms in total. The summed E-state index contributed by atoms with van der Waals surface area (Å²) >= 11 is 0. The fourth-order valence-corrected chi connectivity index (χ4v) is 2.78. The topological polar surface area (TPSA) is 46.5 Å². The number of rotatable bonds is 4. The van der Waals surface area contributed by atoms with Crippen molar-refractivity contribution < 1.29 is 14.6 Å². The molecular formula is C10H18O3Si. The van der Waals surface area contributed by atoms with Gasteiger partial charge >= 0.3 is 5.97 Å². The van der Waals surface area contributed by atoms with Gasteiger partial charge in [-0.2, -0.15) is 0 Å². The van der Waals surface area contributed by atoms with Gasteiger partial charge in [0.15, 0.2) is 0 Å². The number of hydrogen-bond acceptors (Lipinski definition) is 3. The lowest BCUT2D eigenvalue weighted by Gasteiger charge is -2.13. The number of esters is 1. The maximum absolute atomic E-state index is 10.5. The highest BCUT2D eigenvalue weighted by molar-refractivity contribution is 6.85. The van der Waals surface area contributed by atoms with Gasteiger partial charge in [-0.05, 0) is 12.5 Å². The first-order valence-electron chi connectivity index (χ1n) is 4.72. The summed E-state index contributed by atoms with van der Waals surface area (Å²) in [4.78, 5) is 10.5. The molecule has 0 amide bonds. The summed E-state index contributed by atoms with van der Waals surface area (Å²) < 4.78 is 4.83. The fraction of sp³-hybridized carbons (Fsp3) is 0.700. The molecular weight excluding hydrogens is 196 g/mol. The van der Waals surface area contributed by atoms with Crippen molar-refractivity contribution in [2.45, 2.75) is 32.5 Å². The Hall–Kier alpha value is -0.793. The molecule has 0 aromatic heterocycles. The minimum absolute atomic E-state index is 0.0691. The number of carbonyl (C=O) groups excluding carboxylic acids is 1. The summed E-state index contributed by atoms with van der Waals surface area (Å²) in [6, 6.07) is 0.993. The fourth-order valence-electron chi connectivity index (χ4n) is 1.07. The van der Waals surface area contributed by atoms with E-state index in [0.717, 1.165) is 12.5 Å². The summed E-state index contributed by atoms with van der Waals surface area (Å²) in [5.74, 6) is 2.47. The van der Waals surface area contributed by atoms with Crippen molar-refractivity contribution in [2.24, 2.45) is 0 Å². The monoisotopic (exact) mass is 214 g/mol. The SMILES string of the molecule is CC(=O)OCCC[Si](C)(C)C#CCO. The van der Waals surface area contributed by atoms with Crippen LogP contribution in [0.2, 0.25) is 19.1 Å². The summed E-state index contributed by atoms with van der Waals surface area (Å²) in [7, 11) is -1.51. The Morgan fingerprint density at radius 3 is 2.64 bits per heavy atom. The molecule has 0 saturated carbocycles. The third-order valence-electron chi connectivity index (χ3n) is 1.76. The zero-order valence-electron chi connectivity index (χ0n) is 9.09. The highest BCUT2D eigenvalue weighted by Gasteiger charge is 2.17. The molecule has 0 spiro atoms. The molecule has 1 N–H and O–H groups in total. The van der Waals surface area contributed by atoms with Crippen molar-refractivity contribution in [2.75, 3.05) is 13.2 Å². The quantitative estimate of drug-likeness (QED) is 0.331. The lowest BCUT2D eigenvalue weighted by molar-refractivity contribution is -0.140. The maximum atomic E-state index is 10.5. The van der Waals surface area contributed by atoms with Gasteiger partial charge in [0.05, 0.1) is 6.61 Å². The first-order chi connectivity index (χ1) is 6.48. The molecule has 0 aliphatic heterocycles. The lowest BCUT2D eigenvalue weighted by atomic mass is 10.5. The van der Waals surface area contributed by atoms with Gasteiger partial charge in [-0.1, -0.05) is 19.0 Å². The Kier molecular flexibility index (Phi) is 6.25. The van der Waals surface area contributed by atoms with Gasteiger partial charge in [0.2, 0.25) is 0 Å². The van der Waals surface area contributed by atoms with E-state index in [2.05, 4.69) is 24.6 Å². The van der Waals surface area contributed by atoms with Gasteiger partial charge < -0.3 is 9.84 Å². The average Bonchev–Trinajstić information content (AvgIpc) is 2.09. The Morgan fingerprint density at radius 1 is 1.50 bits per heavy atom. The van der Waals surface area contributed by atoms with Crippen LogP contribution in [0.4, 0.5) is 0 Å². The molecule has 0 rings (SSSR count). The minimum Gasteiger partial charge on any atom is -0.466 e. The second-order valence-electron chi connectivity index (χ2n) is 3.79. The Labute approximate surface area is 86.5 Å². The third kappa shape index (κ3) is 7.84. The molecule has 0 unspecified atom stereocenters. The normalized spacial score (nSPS) is 10.3. The van der Waals surface area contributed by atoms with Crippen LogP contribution in [0.25, 0.3) is 0 Å². The van der Waals surface area contributed by atoms with Gasteiger partial charge in [-0.15, -0.1) is 5.54 Å². The predicted molar refractivity (Wildman–Crippen MR) is 58.4 cm³/mol. The number of ether oxygens (including phenoxy) is 1. The Bertz CT molecular complexity index is 237. The van der Waals surface area contributed by atoms with E-state index >= 15 is 0 Å². The van der Waals surface area contributed by atoms with E-state index in [0.29, 0.717) is 6.61 Å². The molecule has 0 saturated heterocycles. The predicted octanol–water partition coefficient (Wildman–Crippen LogP) is 1.18. The molecule has 0 fully saturated rings. The van der Waals surface area contributed by atoms with Crippen molar-refractivity contribution in [1.82, 2.24) is 0 Å². The van der Waals surface area contributed by atoms with Crippen LogP contribution in [-0.4, -0.2) is 32.4 Å². The van der Waals surface area contributed by atoms with Gasteiger partial charge in [0.25, 0.3) is 0 Å². The summed E-state index contributed by atoms with van der Waals surface area (Å²) in [6.07, 6.45) is 0.860. The van der Waals surface area contributed by atoms with Crippen molar-refractivity contribution in [3.8, 4) is 11.5 Å².